The zero-order valence-electron chi connectivity index (χ0n) is 10.8. The third kappa shape index (κ3) is 3.34. The van der Waals surface area contributed by atoms with E-state index in [4.69, 9.17) is 0 Å². The monoisotopic (exact) mass is 323 g/mol. The number of carbonyl (C=O) groups is 1. The quantitative estimate of drug-likeness (QED) is 0.867. The van der Waals surface area contributed by atoms with Gasteiger partial charge in [-0.05, 0) is 53.7 Å². The average Bonchev–Trinajstić information content (AvgIpc) is 3.24. The Labute approximate surface area is 121 Å². The summed E-state index contributed by atoms with van der Waals surface area (Å²) >= 11 is 3.29. The molecule has 5 heteroatoms. The number of rotatable bonds is 3. The minimum Gasteiger partial charge on any atom is -0.349 e. The summed E-state index contributed by atoms with van der Waals surface area (Å²) in [6, 6.07) is 4.66. The summed E-state index contributed by atoms with van der Waals surface area (Å²) in [5.74, 6) is 0.00738. The highest BCUT2D eigenvalue weighted by atomic mass is 79.9. The molecule has 0 bridgehead atoms. The van der Waals surface area contributed by atoms with Crippen molar-refractivity contribution in [3.05, 3.63) is 28.5 Å². The summed E-state index contributed by atoms with van der Waals surface area (Å²) in [7, 11) is 0. The first-order valence-corrected chi connectivity index (χ1v) is 7.68. The molecule has 0 aromatic carbocycles. The van der Waals surface area contributed by atoms with Crippen LogP contribution in [0, 0.1) is 0 Å². The first-order valence-electron chi connectivity index (χ1n) is 6.89. The first kappa shape index (κ1) is 13.1. The molecule has 3 rings (SSSR count). The summed E-state index contributed by atoms with van der Waals surface area (Å²) < 4.78 is 0.698. The standard InChI is InChI=1S/C14H18BrN3O/c15-13-9-10(3-6-16-13)14(19)17-11-4-7-18(8-5-11)12-1-2-12/h3,6,9,11-12H,1-2,4-5,7-8H2,(H,17,19). The fourth-order valence-electron chi connectivity index (χ4n) is 2.66. The van der Waals surface area contributed by atoms with Crippen LogP contribution in [0.15, 0.2) is 22.9 Å². The summed E-state index contributed by atoms with van der Waals surface area (Å²) in [5.41, 5.74) is 0.673. The van der Waals surface area contributed by atoms with Crippen LogP contribution in [-0.2, 0) is 0 Å². The zero-order valence-corrected chi connectivity index (χ0v) is 12.4. The Morgan fingerprint density at radius 3 is 2.68 bits per heavy atom. The van der Waals surface area contributed by atoms with Gasteiger partial charge in [0.05, 0.1) is 0 Å². The van der Waals surface area contributed by atoms with Gasteiger partial charge >= 0.3 is 0 Å². The second-order valence-electron chi connectivity index (χ2n) is 5.38. The summed E-state index contributed by atoms with van der Waals surface area (Å²) in [4.78, 5) is 18.7. The molecule has 1 aliphatic carbocycles. The van der Waals surface area contributed by atoms with E-state index < -0.39 is 0 Å². The molecule has 1 saturated heterocycles. The van der Waals surface area contributed by atoms with E-state index in [1.54, 1.807) is 18.3 Å². The molecular weight excluding hydrogens is 306 g/mol. The maximum atomic E-state index is 12.1. The number of hydrogen-bond acceptors (Lipinski definition) is 3. The van der Waals surface area contributed by atoms with Crippen molar-refractivity contribution in [2.75, 3.05) is 13.1 Å². The van der Waals surface area contributed by atoms with Gasteiger partial charge in [0.1, 0.15) is 4.60 Å². The highest BCUT2D eigenvalue weighted by Gasteiger charge is 2.32. The Bertz CT molecular complexity index is 468. The molecule has 1 saturated carbocycles. The van der Waals surface area contributed by atoms with Crippen molar-refractivity contribution in [1.29, 1.82) is 0 Å². The van der Waals surface area contributed by atoms with Crippen molar-refractivity contribution in [2.45, 2.75) is 37.8 Å². The van der Waals surface area contributed by atoms with Crippen LogP contribution >= 0.6 is 15.9 Å². The third-order valence-corrected chi connectivity index (χ3v) is 4.35. The van der Waals surface area contributed by atoms with Gasteiger partial charge in [-0.3, -0.25) is 4.79 Å². The van der Waals surface area contributed by atoms with Crippen LogP contribution in [0.1, 0.15) is 36.0 Å². The number of pyridine rings is 1. The van der Waals surface area contributed by atoms with Gasteiger partial charge in [0.25, 0.3) is 5.91 Å². The smallest absolute Gasteiger partial charge is 0.251 e. The fraction of sp³-hybridized carbons (Fsp3) is 0.571. The van der Waals surface area contributed by atoms with Crippen molar-refractivity contribution in [1.82, 2.24) is 15.2 Å². The highest BCUT2D eigenvalue weighted by Crippen LogP contribution is 2.29. The lowest BCUT2D eigenvalue weighted by Gasteiger charge is -2.32. The number of aromatic nitrogens is 1. The lowest BCUT2D eigenvalue weighted by molar-refractivity contribution is 0.0909. The van der Waals surface area contributed by atoms with Crippen molar-refractivity contribution >= 4 is 21.8 Å². The molecule has 0 spiro atoms. The Balaban J connectivity index is 1.52. The van der Waals surface area contributed by atoms with E-state index in [0.29, 0.717) is 16.2 Å². The molecular formula is C14H18BrN3O. The van der Waals surface area contributed by atoms with Crippen LogP contribution in [0.2, 0.25) is 0 Å². The van der Waals surface area contributed by atoms with E-state index in [2.05, 4.69) is 31.1 Å². The topological polar surface area (TPSA) is 45.2 Å². The minimum absolute atomic E-state index is 0.00738. The van der Waals surface area contributed by atoms with E-state index in [-0.39, 0.29) is 5.91 Å². The number of nitrogens with zero attached hydrogens (tertiary/aromatic N) is 2. The van der Waals surface area contributed by atoms with Crippen LogP contribution < -0.4 is 5.32 Å². The molecule has 102 valence electrons. The van der Waals surface area contributed by atoms with Gasteiger partial charge in [-0.15, -0.1) is 0 Å². The lowest BCUT2D eigenvalue weighted by atomic mass is 10.0. The van der Waals surface area contributed by atoms with Gasteiger partial charge in [0.15, 0.2) is 0 Å². The van der Waals surface area contributed by atoms with E-state index in [0.717, 1.165) is 32.0 Å². The average molecular weight is 324 g/mol. The maximum Gasteiger partial charge on any atom is 0.251 e. The van der Waals surface area contributed by atoms with Gasteiger partial charge in [-0.2, -0.15) is 0 Å². The van der Waals surface area contributed by atoms with Crippen molar-refractivity contribution in [3.8, 4) is 0 Å². The largest absolute Gasteiger partial charge is 0.349 e. The number of nitrogens with one attached hydrogen (secondary N) is 1. The predicted molar refractivity (Wildman–Crippen MR) is 77.0 cm³/mol. The third-order valence-electron chi connectivity index (χ3n) is 3.92. The number of halogens is 1. The van der Waals surface area contributed by atoms with Crippen LogP contribution in [0.3, 0.4) is 0 Å². The molecule has 0 atom stereocenters. The molecule has 2 fully saturated rings. The molecule has 4 nitrogen and oxygen atoms in total. The number of likely N-dealkylation sites (tertiary alicyclic amines) is 1. The number of amides is 1. The molecule has 1 N–H and O–H groups in total. The first-order chi connectivity index (χ1) is 9.22. The van der Waals surface area contributed by atoms with Gasteiger partial charge < -0.3 is 10.2 Å². The molecule has 1 aromatic heterocycles. The fourth-order valence-corrected chi connectivity index (χ4v) is 3.03. The summed E-state index contributed by atoms with van der Waals surface area (Å²) in [6.07, 6.45) is 6.50. The van der Waals surface area contributed by atoms with Crippen LogP contribution in [0.4, 0.5) is 0 Å². The normalized spacial score (nSPS) is 21.3. The summed E-state index contributed by atoms with van der Waals surface area (Å²) in [5, 5.41) is 3.13. The molecule has 1 aromatic rings. The molecule has 2 heterocycles. The van der Waals surface area contributed by atoms with Crippen molar-refractivity contribution in [2.24, 2.45) is 0 Å². The Morgan fingerprint density at radius 2 is 2.05 bits per heavy atom. The predicted octanol–water partition coefficient (Wildman–Crippen LogP) is 2.20. The Kier molecular flexibility index (Phi) is 3.84. The van der Waals surface area contributed by atoms with E-state index >= 15 is 0 Å². The van der Waals surface area contributed by atoms with Crippen LogP contribution in [0.25, 0.3) is 0 Å². The molecule has 1 amide bonds. The maximum absolute atomic E-state index is 12.1. The SMILES string of the molecule is O=C(NC1CCN(C2CC2)CC1)c1ccnc(Br)c1. The van der Waals surface area contributed by atoms with Crippen LogP contribution in [0.5, 0.6) is 0 Å². The molecule has 2 aliphatic rings. The molecule has 19 heavy (non-hydrogen) atoms. The van der Waals surface area contributed by atoms with Gasteiger partial charge in [0, 0.05) is 36.9 Å². The second kappa shape index (κ2) is 5.59. The van der Waals surface area contributed by atoms with Crippen molar-refractivity contribution < 1.29 is 4.79 Å². The van der Waals surface area contributed by atoms with Crippen molar-refractivity contribution in [3.63, 3.8) is 0 Å². The van der Waals surface area contributed by atoms with E-state index in [9.17, 15) is 4.79 Å². The number of piperidine rings is 1. The Hall–Kier alpha value is -0.940. The second-order valence-corrected chi connectivity index (χ2v) is 6.19. The molecule has 0 unspecified atom stereocenters. The summed E-state index contributed by atoms with van der Waals surface area (Å²) in [6.45, 7) is 2.24. The zero-order chi connectivity index (χ0) is 13.2. The van der Waals surface area contributed by atoms with E-state index in [1.807, 2.05) is 0 Å². The van der Waals surface area contributed by atoms with Gasteiger partial charge in [-0.25, -0.2) is 4.98 Å². The van der Waals surface area contributed by atoms with Gasteiger partial charge in [-0.1, -0.05) is 0 Å². The van der Waals surface area contributed by atoms with Gasteiger partial charge in [0.2, 0.25) is 0 Å². The highest BCUT2D eigenvalue weighted by molar-refractivity contribution is 9.10. The number of carbonyl (C=O) groups excluding carboxylic acids is 1. The lowest BCUT2D eigenvalue weighted by Crippen LogP contribution is -2.45. The number of hydrogen-bond donors (Lipinski definition) is 1. The molecule has 1 aliphatic heterocycles. The van der Waals surface area contributed by atoms with E-state index in [1.165, 1.54) is 12.8 Å². The Morgan fingerprint density at radius 1 is 1.32 bits per heavy atom. The van der Waals surface area contributed by atoms with Crippen LogP contribution in [-0.4, -0.2) is 41.0 Å². The molecule has 0 radical (unpaired) electrons. The minimum atomic E-state index is 0.00738.